The van der Waals surface area contributed by atoms with Gasteiger partial charge in [-0.1, -0.05) is 60.7 Å². The van der Waals surface area contributed by atoms with E-state index in [1.807, 2.05) is 48.0 Å². The smallest absolute Gasteiger partial charge is 0.238 e. The van der Waals surface area contributed by atoms with Crippen LogP contribution in [-0.2, 0) is 0 Å². The molecule has 4 heterocycles. The van der Waals surface area contributed by atoms with E-state index in [1.54, 1.807) is 11.3 Å². The number of furan rings is 1. The first-order valence-electron chi connectivity index (χ1n) is 13.3. The van der Waals surface area contributed by atoms with Crippen LogP contribution in [0.2, 0.25) is 0 Å². The van der Waals surface area contributed by atoms with Crippen LogP contribution in [0.15, 0.2) is 119 Å². The van der Waals surface area contributed by atoms with Crippen LogP contribution >= 0.6 is 11.3 Å². The molecule has 0 bridgehead atoms. The second kappa shape index (κ2) is 8.55. The van der Waals surface area contributed by atoms with E-state index in [2.05, 4.69) is 76.3 Å². The maximum Gasteiger partial charge on any atom is 0.238 e. The van der Waals surface area contributed by atoms with Crippen LogP contribution in [0.25, 0.3) is 82.7 Å². The zero-order chi connectivity index (χ0) is 26.9. The number of thiazole rings is 1. The molecule has 0 atom stereocenters. The molecule has 6 nitrogen and oxygen atoms in total. The fourth-order valence-corrected chi connectivity index (χ4v) is 6.38. The summed E-state index contributed by atoms with van der Waals surface area (Å²) in [5.74, 6) is 1.73. The molecule has 9 rings (SSSR count). The van der Waals surface area contributed by atoms with Crippen LogP contribution in [0, 0.1) is 0 Å². The third-order valence-corrected chi connectivity index (χ3v) is 8.44. The Balaban J connectivity index is 1.33. The average molecular weight is 546 g/mol. The number of fused-ring (bicyclic) bond motifs is 7. The number of benzene rings is 5. The zero-order valence-electron chi connectivity index (χ0n) is 21.5. The summed E-state index contributed by atoms with van der Waals surface area (Å²) in [6, 6.07) is 37.2. The Morgan fingerprint density at radius 1 is 0.561 bits per heavy atom. The minimum Gasteiger partial charge on any atom is -0.456 e. The van der Waals surface area contributed by atoms with Crippen molar-refractivity contribution in [2.24, 2.45) is 0 Å². The molecule has 7 heteroatoms. The molecule has 0 unspecified atom stereocenters. The summed E-state index contributed by atoms with van der Waals surface area (Å²) in [7, 11) is 0. The lowest BCUT2D eigenvalue weighted by atomic mass is 10.1. The Hall–Kier alpha value is -5.40. The van der Waals surface area contributed by atoms with Gasteiger partial charge in [-0.25, -0.2) is 9.97 Å². The highest BCUT2D eigenvalue weighted by Crippen LogP contribution is 2.34. The van der Waals surface area contributed by atoms with Crippen LogP contribution in [0.5, 0.6) is 0 Å². The Morgan fingerprint density at radius 3 is 1.98 bits per heavy atom. The monoisotopic (exact) mass is 545 g/mol. The summed E-state index contributed by atoms with van der Waals surface area (Å²) < 4.78 is 9.45. The van der Waals surface area contributed by atoms with E-state index >= 15 is 0 Å². The number of hydrogen-bond donors (Lipinski definition) is 0. The van der Waals surface area contributed by atoms with Crippen molar-refractivity contribution < 1.29 is 4.42 Å². The lowest BCUT2D eigenvalue weighted by Crippen LogP contribution is -2.06. The van der Waals surface area contributed by atoms with Crippen molar-refractivity contribution in [2.45, 2.75) is 0 Å². The van der Waals surface area contributed by atoms with Gasteiger partial charge >= 0.3 is 0 Å². The van der Waals surface area contributed by atoms with Crippen molar-refractivity contribution in [1.82, 2.24) is 24.5 Å². The topological polar surface area (TPSA) is 69.6 Å². The lowest BCUT2D eigenvalue weighted by molar-refractivity contribution is 0.669. The Bertz CT molecular complexity index is 2400. The minimum atomic E-state index is 0.561. The molecule has 0 radical (unpaired) electrons. The van der Waals surface area contributed by atoms with E-state index in [4.69, 9.17) is 19.4 Å². The summed E-state index contributed by atoms with van der Waals surface area (Å²) in [4.78, 5) is 19.6. The van der Waals surface area contributed by atoms with Crippen LogP contribution < -0.4 is 0 Å². The summed E-state index contributed by atoms with van der Waals surface area (Å²) >= 11 is 1.62. The third kappa shape index (κ3) is 3.43. The van der Waals surface area contributed by atoms with E-state index in [0.29, 0.717) is 17.6 Å². The minimum absolute atomic E-state index is 0.561. The molecule has 41 heavy (non-hydrogen) atoms. The van der Waals surface area contributed by atoms with Crippen molar-refractivity contribution >= 4 is 65.3 Å². The summed E-state index contributed by atoms with van der Waals surface area (Å²) in [6.07, 6.45) is 0. The first-order chi connectivity index (χ1) is 20.3. The Kier molecular flexibility index (Phi) is 4.67. The van der Waals surface area contributed by atoms with E-state index < -0.39 is 0 Å². The summed E-state index contributed by atoms with van der Waals surface area (Å²) in [5.41, 5.74) is 8.28. The van der Waals surface area contributed by atoms with Gasteiger partial charge in [-0.15, -0.1) is 11.3 Å². The van der Waals surface area contributed by atoms with Gasteiger partial charge in [0, 0.05) is 32.7 Å². The normalized spacial score (nSPS) is 11.9. The van der Waals surface area contributed by atoms with Crippen molar-refractivity contribution in [2.75, 3.05) is 0 Å². The predicted octanol–water partition coefficient (Wildman–Crippen LogP) is 8.81. The van der Waals surface area contributed by atoms with Crippen LogP contribution in [0.3, 0.4) is 0 Å². The molecule has 0 saturated heterocycles. The fourth-order valence-electron chi connectivity index (χ4n) is 5.72. The van der Waals surface area contributed by atoms with Crippen LogP contribution in [0.4, 0.5) is 0 Å². The molecular formula is C34H19N5OS. The van der Waals surface area contributed by atoms with E-state index in [0.717, 1.165) is 65.1 Å². The van der Waals surface area contributed by atoms with Gasteiger partial charge in [0.2, 0.25) is 5.95 Å². The molecule has 0 N–H and O–H groups in total. The second-order valence-electron chi connectivity index (χ2n) is 10.00. The molecule has 0 aliphatic carbocycles. The summed E-state index contributed by atoms with van der Waals surface area (Å²) in [5, 5.41) is 4.46. The molecule has 5 aromatic carbocycles. The van der Waals surface area contributed by atoms with Gasteiger partial charge < -0.3 is 4.42 Å². The van der Waals surface area contributed by atoms with Gasteiger partial charge in [0.1, 0.15) is 11.2 Å². The molecule has 0 spiro atoms. The Morgan fingerprint density at radius 2 is 1.20 bits per heavy atom. The highest BCUT2D eigenvalue weighted by atomic mass is 32.1. The highest BCUT2D eigenvalue weighted by Gasteiger charge is 2.18. The molecule has 4 aromatic heterocycles. The fraction of sp³-hybridized carbons (Fsp3) is 0. The maximum atomic E-state index is 6.20. The van der Waals surface area contributed by atoms with Crippen LogP contribution in [-0.4, -0.2) is 24.5 Å². The SMILES string of the molecule is c1ccc2c(c1)oc1cc(-c3nc(-c4ccc5scnc5c4)nc(-n4c5ccccc5c5ccccc54)n3)ccc12. The molecule has 0 saturated carbocycles. The molecule has 0 aliphatic heterocycles. The Labute approximate surface area is 237 Å². The van der Waals surface area contributed by atoms with Crippen LogP contribution in [0.1, 0.15) is 0 Å². The predicted molar refractivity (Wildman–Crippen MR) is 165 cm³/mol. The lowest BCUT2D eigenvalue weighted by Gasteiger charge is -2.11. The number of hydrogen-bond acceptors (Lipinski definition) is 6. The highest BCUT2D eigenvalue weighted by molar-refractivity contribution is 7.16. The largest absolute Gasteiger partial charge is 0.456 e. The molecule has 0 aliphatic rings. The summed E-state index contributed by atoms with van der Waals surface area (Å²) in [6.45, 7) is 0. The van der Waals surface area contributed by atoms with Crippen molar-refractivity contribution in [1.29, 1.82) is 0 Å². The maximum absolute atomic E-state index is 6.20. The second-order valence-corrected chi connectivity index (χ2v) is 10.9. The van der Waals surface area contributed by atoms with Crippen molar-refractivity contribution in [3.63, 3.8) is 0 Å². The number of rotatable bonds is 3. The molecule has 9 aromatic rings. The molecular weight excluding hydrogens is 526 g/mol. The first kappa shape index (κ1) is 22.4. The van der Waals surface area contributed by atoms with Gasteiger partial charge in [0.25, 0.3) is 0 Å². The number of nitrogens with zero attached hydrogens (tertiary/aromatic N) is 5. The van der Waals surface area contributed by atoms with Gasteiger partial charge in [0.05, 0.1) is 26.8 Å². The van der Waals surface area contributed by atoms with Gasteiger partial charge in [-0.3, -0.25) is 4.57 Å². The average Bonchev–Trinajstić information content (AvgIpc) is 3.74. The molecule has 0 fully saturated rings. The van der Waals surface area contributed by atoms with E-state index in [1.165, 1.54) is 0 Å². The molecule has 192 valence electrons. The van der Waals surface area contributed by atoms with Crippen molar-refractivity contribution in [3.05, 3.63) is 115 Å². The molecule has 0 amide bonds. The van der Waals surface area contributed by atoms with Crippen molar-refractivity contribution in [3.8, 4) is 28.7 Å². The number of para-hydroxylation sites is 3. The van der Waals surface area contributed by atoms with Gasteiger partial charge in [-0.05, 0) is 48.5 Å². The number of aromatic nitrogens is 5. The van der Waals surface area contributed by atoms with E-state index in [9.17, 15) is 0 Å². The van der Waals surface area contributed by atoms with Gasteiger partial charge in [0.15, 0.2) is 11.6 Å². The van der Waals surface area contributed by atoms with Gasteiger partial charge in [-0.2, -0.15) is 9.97 Å². The quantitative estimate of drug-likeness (QED) is 0.222. The zero-order valence-corrected chi connectivity index (χ0v) is 22.3. The first-order valence-corrected chi connectivity index (χ1v) is 14.2. The third-order valence-electron chi connectivity index (χ3n) is 7.63. The standard InChI is InChI=1S/C34H19N5OS/c1-4-10-27-22(7-1)23-8-2-5-11-28(23)39(27)34-37-32(20-14-16-31-26(17-20)35-19-41-31)36-33(38-34)21-13-15-25-24-9-3-6-12-29(24)40-30(25)18-21/h1-19H. The van der Waals surface area contributed by atoms with E-state index in [-0.39, 0.29) is 0 Å².